The number of hydrogen-bond acceptors (Lipinski definition) is 4. The van der Waals surface area contributed by atoms with Crippen molar-refractivity contribution in [2.75, 3.05) is 18.6 Å². The molecule has 0 radical (unpaired) electrons. The number of carbonyl (C=O) groups excluding carboxylic acids is 1. The summed E-state index contributed by atoms with van der Waals surface area (Å²) in [5.74, 6) is -0.157. The number of esters is 1. The fourth-order valence-corrected chi connectivity index (χ4v) is 0.655. The van der Waals surface area contributed by atoms with Crippen LogP contribution in [0.2, 0.25) is 0 Å². The molecule has 1 aromatic carbocycles. The van der Waals surface area contributed by atoms with E-state index < -0.39 is 0 Å². The lowest BCUT2D eigenvalue weighted by atomic mass is 10.3. The first-order valence-corrected chi connectivity index (χ1v) is 4.28. The summed E-state index contributed by atoms with van der Waals surface area (Å²) < 4.78 is 4.26. The number of carbonyl (C=O) groups is 1. The summed E-state index contributed by atoms with van der Waals surface area (Å²) in [6.07, 6.45) is 0.469. The van der Waals surface area contributed by atoms with E-state index in [2.05, 4.69) is 4.74 Å². The minimum absolute atomic E-state index is 0.157. The van der Waals surface area contributed by atoms with E-state index in [1.165, 1.54) is 7.11 Å². The Bertz CT molecular complexity index is 260. The second-order valence-electron chi connectivity index (χ2n) is 2.56. The molecule has 78 valence electrons. The monoisotopic (exact) mass is 196 g/mol. The summed E-state index contributed by atoms with van der Waals surface area (Å²) in [5, 5.41) is 0. The molecular weight excluding hydrogens is 180 g/mol. The van der Waals surface area contributed by atoms with Crippen molar-refractivity contribution in [3.8, 4) is 0 Å². The summed E-state index contributed by atoms with van der Waals surface area (Å²) in [7, 11) is 1.38. The zero-order valence-corrected chi connectivity index (χ0v) is 8.49. The van der Waals surface area contributed by atoms with Crippen molar-refractivity contribution in [2.24, 2.45) is 0 Å². The number of benzene rings is 1. The van der Waals surface area contributed by atoms with Crippen LogP contribution in [0.5, 0.6) is 0 Å². The smallest absolute Gasteiger partial charge is 0.305 e. The molecule has 0 spiro atoms. The van der Waals surface area contributed by atoms with Crippen molar-refractivity contribution < 1.29 is 9.53 Å². The molecule has 0 aliphatic heterocycles. The van der Waals surface area contributed by atoms with Crippen LogP contribution in [-0.2, 0) is 9.53 Å². The van der Waals surface area contributed by atoms with Gasteiger partial charge in [-0.15, -0.1) is 0 Å². The van der Waals surface area contributed by atoms with Gasteiger partial charge in [0, 0.05) is 6.42 Å². The molecule has 4 heteroatoms. The van der Waals surface area contributed by atoms with Gasteiger partial charge in [-0.25, -0.2) is 0 Å². The quantitative estimate of drug-likeness (QED) is 0.526. The summed E-state index contributed by atoms with van der Waals surface area (Å²) in [6.45, 7) is 1.76. The maximum atomic E-state index is 9.96. The second-order valence-corrected chi connectivity index (χ2v) is 2.56. The summed E-state index contributed by atoms with van der Waals surface area (Å²) in [4.78, 5) is 9.96. The third-order valence-corrected chi connectivity index (χ3v) is 1.51. The van der Waals surface area contributed by atoms with E-state index in [1.54, 1.807) is 19.1 Å². The average molecular weight is 196 g/mol. The highest BCUT2D eigenvalue weighted by molar-refractivity contribution is 5.68. The first-order chi connectivity index (χ1) is 6.61. The van der Waals surface area contributed by atoms with Crippen LogP contribution in [0.4, 0.5) is 11.4 Å². The molecule has 0 saturated heterocycles. The van der Waals surface area contributed by atoms with E-state index in [0.29, 0.717) is 17.8 Å². The van der Waals surface area contributed by atoms with Gasteiger partial charge in [0.05, 0.1) is 18.5 Å². The molecule has 0 fully saturated rings. The van der Waals surface area contributed by atoms with Crippen molar-refractivity contribution in [1.82, 2.24) is 0 Å². The lowest BCUT2D eigenvalue weighted by Gasteiger charge is -1.94. The molecular formula is C10H16N2O2. The van der Waals surface area contributed by atoms with Gasteiger partial charge >= 0.3 is 5.97 Å². The predicted molar refractivity (Wildman–Crippen MR) is 57.6 cm³/mol. The third kappa shape index (κ3) is 5.03. The fraction of sp³-hybridized carbons (Fsp3) is 0.300. The SMILES string of the molecule is CCC(=O)OC.Nc1ccccc1N. The Kier molecular flexibility index (Phi) is 5.94. The van der Waals surface area contributed by atoms with E-state index in [-0.39, 0.29) is 5.97 Å². The molecule has 0 aliphatic rings. The van der Waals surface area contributed by atoms with Gasteiger partial charge in [0.15, 0.2) is 0 Å². The second kappa shape index (κ2) is 6.77. The molecule has 0 saturated carbocycles. The van der Waals surface area contributed by atoms with Crippen LogP contribution in [-0.4, -0.2) is 13.1 Å². The number of anilines is 2. The van der Waals surface area contributed by atoms with E-state index in [4.69, 9.17) is 11.5 Å². The Balaban J connectivity index is 0.000000255. The zero-order valence-electron chi connectivity index (χ0n) is 8.49. The van der Waals surface area contributed by atoms with Crippen LogP contribution in [0, 0.1) is 0 Å². The Morgan fingerprint density at radius 1 is 1.29 bits per heavy atom. The molecule has 14 heavy (non-hydrogen) atoms. The normalized spacial score (nSPS) is 8.43. The number of nitrogen functional groups attached to an aromatic ring is 2. The molecule has 0 heterocycles. The number of ether oxygens (including phenoxy) is 1. The van der Waals surface area contributed by atoms with Crippen LogP contribution in [0.15, 0.2) is 24.3 Å². The topological polar surface area (TPSA) is 78.3 Å². The van der Waals surface area contributed by atoms with Gasteiger partial charge in [-0.2, -0.15) is 0 Å². The first kappa shape index (κ1) is 12.3. The summed E-state index contributed by atoms with van der Waals surface area (Å²) in [6, 6.07) is 7.25. The summed E-state index contributed by atoms with van der Waals surface area (Å²) in [5.41, 5.74) is 12.1. The Hall–Kier alpha value is -1.71. The molecule has 1 rings (SSSR count). The van der Waals surface area contributed by atoms with Gasteiger partial charge in [-0.1, -0.05) is 19.1 Å². The number of rotatable bonds is 1. The van der Waals surface area contributed by atoms with E-state index in [1.807, 2.05) is 12.1 Å². The molecule has 0 aromatic heterocycles. The van der Waals surface area contributed by atoms with Gasteiger partial charge in [0.25, 0.3) is 0 Å². The van der Waals surface area contributed by atoms with Gasteiger partial charge < -0.3 is 16.2 Å². The molecule has 4 nitrogen and oxygen atoms in total. The van der Waals surface area contributed by atoms with Crippen molar-refractivity contribution in [1.29, 1.82) is 0 Å². The van der Waals surface area contributed by atoms with E-state index in [9.17, 15) is 4.79 Å². The average Bonchev–Trinajstić information content (AvgIpc) is 2.22. The number of para-hydroxylation sites is 2. The van der Waals surface area contributed by atoms with Crippen LogP contribution < -0.4 is 11.5 Å². The van der Waals surface area contributed by atoms with Crippen LogP contribution >= 0.6 is 0 Å². The number of methoxy groups -OCH3 is 1. The zero-order chi connectivity index (χ0) is 11.0. The number of hydrogen-bond donors (Lipinski definition) is 2. The van der Waals surface area contributed by atoms with Crippen LogP contribution in [0.1, 0.15) is 13.3 Å². The maximum absolute atomic E-state index is 9.96. The van der Waals surface area contributed by atoms with E-state index >= 15 is 0 Å². The highest BCUT2D eigenvalue weighted by Crippen LogP contribution is 2.10. The van der Waals surface area contributed by atoms with Crippen LogP contribution in [0.3, 0.4) is 0 Å². The highest BCUT2D eigenvalue weighted by Gasteiger charge is 1.87. The third-order valence-electron chi connectivity index (χ3n) is 1.51. The standard InChI is InChI=1S/C6H8N2.C4H8O2/c7-5-3-1-2-4-6(5)8;1-3-4(5)6-2/h1-4H,7-8H2;3H2,1-2H3. The largest absolute Gasteiger partial charge is 0.469 e. The first-order valence-electron chi connectivity index (χ1n) is 4.28. The van der Waals surface area contributed by atoms with Gasteiger partial charge in [-0.05, 0) is 12.1 Å². The van der Waals surface area contributed by atoms with Gasteiger partial charge in [0.1, 0.15) is 0 Å². The van der Waals surface area contributed by atoms with Crippen molar-refractivity contribution in [2.45, 2.75) is 13.3 Å². The Morgan fingerprint density at radius 3 is 1.86 bits per heavy atom. The van der Waals surface area contributed by atoms with E-state index in [0.717, 1.165) is 0 Å². The summed E-state index contributed by atoms with van der Waals surface area (Å²) >= 11 is 0. The highest BCUT2D eigenvalue weighted by atomic mass is 16.5. The molecule has 0 unspecified atom stereocenters. The van der Waals surface area contributed by atoms with Crippen molar-refractivity contribution >= 4 is 17.3 Å². The Morgan fingerprint density at radius 2 is 1.71 bits per heavy atom. The minimum atomic E-state index is -0.157. The predicted octanol–water partition coefficient (Wildman–Crippen LogP) is 1.42. The molecule has 4 N–H and O–H groups in total. The minimum Gasteiger partial charge on any atom is -0.469 e. The number of nitrogens with two attached hydrogens (primary N) is 2. The van der Waals surface area contributed by atoms with Crippen molar-refractivity contribution in [3.05, 3.63) is 24.3 Å². The molecule has 1 aromatic rings. The molecule has 0 aliphatic carbocycles. The van der Waals surface area contributed by atoms with Crippen molar-refractivity contribution in [3.63, 3.8) is 0 Å². The maximum Gasteiger partial charge on any atom is 0.305 e. The van der Waals surface area contributed by atoms with Crippen LogP contribution in [0.25, 0.3) is 0 Å². The molecule has 0 bridgehead atoms. The fourth-order valence-electron chi connectivity index (χ4n) is 0.655. The molecule has 0 atom stereocenters. The molecule has 0 amide bonds. The van der Waals surface area contributed by atoms with Gasteiger partial charge in [0.2, 0.25) is 0 Å². The lowest BCUT2D eigenvalue weighted by Crippen LogP contribution is -1.94. The Labute approximate surface area is 83.9 Å². The van der Waals surface area contributed by atoms with Gasteiger partial charge in [-0.3, -0.25) is 4.79 Å². The lowest BCUT2D eigenvalue weighted by molar-refractivity contribution is -0.140.